The van der Waals surface area contributed by atoms with E-state index in [-0.39, 0.29) is 0 Å². The van der Waals surface area contributed by atoms with Crippen molar-refractivity contribution in [3.8, 4) is 0 Å². The van der Waals surface area contributed by atoms with Crippen LogP contribution >= 0.6 is 0 Å². The molecular weight excluding hydrogens is 384 g/mol. The average molecular weight is 398 g/mol. The van der Waals surface area contributed by atoms with Crippen molar-refractivity contribution in [2.24, 2.45) is 0 Å². The lowest BCUT2D eigenvalue weighted by Gasteiger charge is -2.09. The monoisotopic (exact) mass is 398 g/mol. The standard InChI is InChI=1S/C32H14/c1-3-17-7-11-21-25-15-27-23-13-9-19-5-2-6-20-10-14-24(32(23)30(19)20)28(27)16-26(25)22-12-8-18(4-1)29(17)31(21)22/h3-16H. The third-order valence-corrected chi connectivity index (χ3v) is 7.72. The lowest BCUT2D eigenvalue weighted by Crippen LogP contribution is -1.85. The van der Waals surface area contributed by atoms with E-state index in [4.69, 9.17) is 0 Å². The maximum absolute atomic E-state index is 3.30. The molecule has 0 saturated carbocycles. The summed E-state index contributed by atoms with van der Waals surface area (Å²) < 4.78 is 0. The van der Waals surface area contributed by atoms with Gasteiger partial charge in [-0.25, -0.2) is 0 Å². The molecule has 0 fully saturated rings. The predicted octanol–water partition coefficient (Wildman–Crippen LogP) is 8.76. The quantitative estimate of drug-likeness (QED) is 0.224. The van der Waals surface area contributed by atoms with Crippen molar-refractivity contribution in [2.75, 3.05) is 0 Å². The van der Waals surface area contributed by atoms with Gasteiger partial charge in [0.1, 0.15) is 0 Å². The Hall–Kier alpha value is -4.34. The summed E-state index contributed by atoms with van der Waals surface area (Å²) in [6, 6.07) is 23.1. The van der Waals surface area contributed by atoms with Crippen LogP contribution < -0.4 is 0 Å². The van der Waals surface area contributed by atoms with E-state index in [2.05, 4.69) is 96.4 Å². The molecule has 0 aromatic heterocycles. The van der Waals surface area contributed by atoms with Crippen molar-refractivity contribution >= 4 is 88.9 Å². The molecule has 0 bridgehead atoms. The predicted molar refractivity (Wildman–Crippen MR) is 139 cm³/mol. The molecule has 2 aliphatic carbocycles. The molecule has 0 heteroatoms. The van der Waals surface area contributed by atoms with Crippen LogP contribution in [0.2, 0.25) is 0 Å². The zero-order chi connectivity index (χ0) is 20.6. The van der Waals surface area contributed by atoms with Crippen LogP contribution in [0, 0.1) is 0 Å². The SMILES string of the molecule is C1=Cc2ccc3c4cc5c(cc4c4ccc(c2c34)C=1)c1ccc2c3c(ccc5c31)C=C=C2. The van der Waals surface area contributed by atoms with Crippen LogP contribution in [0.1, 0.15) is 22.3 Å². The molecular formula is C32H14. The summed E-state index contributed by atoms with van der Waals surface area (Å²) in [5.74, 6) is 0. The molecule has 0 unspecified atom stereocenters. The van der Waals surface area contributed by atoms with E-state index in [1.54, 1.807) is 0 Å². The zero-order valence-electron chi connectivity index (χ0n) is 17.1. The van der Waals surface area contributed by atoms with Crippen LogP contribution in [0.3, 0.4) is 0 Å². The fourth-order valence-corrected chi connectivity index (χ4v) is 6.41. The van der Waals surface area contributed by atoms with Gasteiger partial charge in [-0.15, -0.1) is 11.5 Å². The minimum Gasteiger partial charge on any atom is -0.120 e. The van der Waals surface area contributed by atoms with Crippen molar-refractivity contribution in [3.05, 3.63) is 94.4 Å². The van der Waals surface area contributed by atoms with Crippen LogP contribution in [0.15, 0.2) is 72.1 Å². The highest BCUT2D eigenvalue weighted by Crippen LogP contribution is 2.47. The van der Waals surface area contributed by atoms with E-state index in [9.17, 15) is 0 Å². The number of benzene rings is 5. The van der Waals surface area contributed by atoms with Crippen LogP contribution in [0.4, 0.5) is 0 Å². The largest absolute Gasteiger partial charge is 0.120 e. The summed E-state index contributed by atoms with van der Waals surface area (Å²) in [6.07, 6.45) is 8.44. The fourth-order valence-electron chi connectivity index (χ4n) is 6.41. The van der Waals surface area contributed by atoms with E-state index < -0.39 is 0 Å². The molecule has 7 aromatic carbocycles. The fraction of sp³-hybridized carbons (Fsp3) is 0. The molecule has 142 valence electrons. The van der Waals surface area contributed by atoms with Crippen LogP contribution in [-0.4, -0.2) is 0 Å². The van der Waals surface area contributed by atoms with Gasteiger partial charge in [0.15, 0.2) is 0 Å². The highest BCUT2D eigenvalue weighted by Gasteiger charge is 2.20. The Balaban J connectivity index is 1.55. The smallest absolute Gasteiger partial charge is 0.00139 e. The van der Waals surface area contributed by atoms with E-state index >= 15 is 0 Å². The van der Waals surface area contributed by atoms with Crippen LogP contribution in [0.5, 0.6) is 0 Å². The van der Waals surface area contributed by atoms with Gasteiger partial charge in [-0.2, -0.15) is 0 Å². The highest BCUT2D eigenvalue weighted by molar-refractivity contribution is 6.38. The molecule has 0 amide bonds. The molecule has 0 aliphatic heterocycles. The number of hydrogen-bond acceptors (Lipinski definition) is 0. The first-order chi connectivity index (χ1) is 15.9. The second-order valence-corrected chi connectivity index (χ2v) is 9.16. The van der Waals surface area contributed by atoms with E-state index in [1.165, 1.54) is 86.9 Å². The molecule has 0 radical (unpaired) electrons. The Bertz CT molecular complexity index is 1850. The minimum absolute atomic E-state index is 1.27. The Morgan fingerprint density at radius 3 is 0.938 bits per heavy atom. The molecule has 0 nitrogen and oxygen atoms in total. The zero-order valence-corrected chi connectivity index (χ0v) is 17.1. The summed E-state index contributed by atoms with van der Waals surface area (Å²) in [5.41, 5.74) is 11.7. The van der Waals surface area contributed by atoms with Gasteiger partial charge in [0.05, 0.1) is 0 Å². The van der Waals surface area contributed by atoms with Gasteiger partial charge in [-0.05, 0) is 123 Å². The Morgan fingerprint density at radius 2 is 0.625 bits per heavy atom. The molecule has 0 heterocycles. The van der Waals surface area contributed by atoms with Crippen molar-refractivity contribution in [2.45, 2.75) is 0 Å². The van der Waals surface area contributed by atoms with Crippen molar-refractivity contribution in [3.63, 3.8) is 0 Å². The molecule has 0 saturated heterocycles. The van der Waals surface area contributed by atoms with Gasteiger partial charge in [0.25, 0.3) is 0 Å². The van der Waals surface area contributed by atoms with E-state index in [0.717, 1.165) is 0 Å². The summed E-state index contributed by atoms with van der Waals surface area (Å²) in [7, 11) is 0. The third kappa shape index (κ3) is 1.57. The molecule has 0 N–H and O–H groups in total. The number of rotatable bonds is 0. The number of fused-ring (bicyclic) bond motifs is 6. The van der Waals surface area contributed by atoms with Crippen molar-refractivity contribution < 1.29 is 0 Å². The van der Waals surface area contributed by atoms with Gasteiger partial charge in [0, 0.05) is 0 Å². The topological polar surface area (TPSA) is 0 Å². The van der Waals surface area contributed by atoms with Gasteiger partial charge in [-0.1, -0.05) is 48.5 Å². The lowest BCUT2D eigenvalue weighted by atomic mass is 9.94. The van der Waals surface area contributed by atoms with Gasteiger partial charge < -0.3 is 0 Å². The van der Waals surface area contributed by atoms with Gasteiger partial charge in [0.2, 0.25) is 0 Å². The summed E-state index contributed by atoms with van der Waals surface area (Å²) in [4.78, 5) is 0. The summed E-state index contributed by atoms with van der Waals surface area (Å²) in [5, 5.41) is 16.4. The lowest BCUT2D eigenvalue weighted by molar-refractivity contribution is 1.73. The second kappa shape index (κ2) is 4.93. The van der Waals surface area contributed by atoms with E-state index in [0.29, 0.717) is 0 Å². The molecule has 7 aromatic rings. The van der Waals surface area contributed by atoms with Crippen LogP contribution in [-0.2, 0) is 0 Å². The third-order valence-electron chi connectivity index (χ3n) is 7.72. The maximum Gasteiger partial charge on any atom is -0.00139 e. The highest BCUT2D eigenvalue weighted by atomic mass is 14.2. The molecule has 0 spiro atoms. The van der Waals surface area contributed by atoms with Gasteiger partial charge in [-0.3, -0.25) is 0 Å². The average Bonchev–Trinajstić information content (AvgIpc) is 3.34. The van der Waals surface area contributed by atoms with Crippen molar-refractivity contribution in [1.29, 1.82) is 0 Å². The normalized spacial score (nSPS) is 14.0. The van der Waals surface area contributed by atoms with Crippen LogP contribution in [0.25, 0.3) is 88.9 Å². The number of hydrogen-bond donors (Lipinski definition) is 0. The molecule has 0 atom stereocenters. The Kier molecular flexibility index (Phi) is 2.38. The Labute approximate surface area is 183 Å². The molecule has 9 rings (SSSR count). The first-order valence-electron chi connectivity index (χ1n) is 11.1. The first kappa shape index (κ1) is 15.5. The Morgan fingerprint density at radius 1 is 0.312 bits per heavy atom. The summed E-state index contributed by atoms with van der Waals surface area (Å²) in [6.45, 7) is 0. The molecule has 2 aliphatic rings. The minimum atomic E-state index is 1.27. The summed E-state index contributed by atoms with van der Waals surface area (Å²) >= 11 is 0. The second-order valence-electron chi connectivity index (χ2n) is 9.16. The molecule has 32 heavy (non-hydrogen) atoms. The van der Waals surface area contributed by atoms with Gasteiger partial charge >= 0.3 is 0 Å². The van der Waals surface area contributed by atoms with Crippen molar-refractivity contribution in [1.82, 2.24) is 0 Å². The maximum atomic E-state index is 3.30. The first-order valence-corrected chi connectivity index (χ1v) is 11.1. The van der Waals surface area contributed by atoms with E-state index in [1.807, 2.05) is 0 Å².